The summed E-state index contributed by atoms with van der Waals surface area (Å²) in [6.07, 6.45) is 9.02. The van der Waals surface area contributed by atoms with Crippen molar-refractivity contribution in [3.8, 4) is 0 Å². The Morgan fingerprint density at radius 1 is 1.50 bits per heavy atom. The fourth-order valence-electron chi connectivity index (χ4n) is 0.886. The molecule has 1 rings (SSSR count). The molecule has 0 radical (unpaired) electrons. The number of hydrogen-bond acceptors (Lipinski definition) is 1. The Morgan fingerprint density at radius 2 is 2.30 bits per heavy atom. The van der Waals surface area contributed by atoms with Gasteiger partial charge in [0.05, 0.1) is 6.61 Å². The maximum atomic E-state index is 8.77. The molecule has 10 heavy (non-hydrogen) atoms. The summed E-state index contributed by atoms with van der Waals surface area (Å²) in [5, 5.41) is 8.77. The third-order valence-electron chi connectivity index (χ3n) is 1.55. The van der Waals surface area contributed by atoms with Gasteiger partial charge in [-0.2, -0.15) is 0 Å². The molecule has 0 amide bonds. The smallest absolute Gasteiger partial charge is 0.0647 e. The average Bonchev–Trinajstić information content (AvgIpc) is 2.14. The first-order valence-corrected chi connectivity index (χ1v) is 3.46. The molecule has 0 fully saturated rings. The van der Waals surface area contributed by atoms with Crippen molar-refractivity contribution in [3.63, 3.8) is 0 Å². The van der Waals surface area contributed by atoms with E-state index in [0.29, 0.717) is 0 Å². The van der Waals surface area contributed by atoms with Gasteiger partial charge >= 0.3 is 0 Å². The number of hydrogen-bond donors (Lipinski definition) is 1. The molecule has 0 aliphatic heterocycles. The standard InChI is InChI=1S/C9H12O/c1-8-3-2-4-9(7-10)6-5-8/h2-3,5-6,10H,4,7H2,1H3. The fraction of sp³-hybridized carbons (Fsp3) is 0.333. The Balaban J connectivity index is 2.74. The van der Waals surface area contributed by atoms with Crippen molar-refractivity contribution in [2.45, 2.75) is 13.3 Å². The van der Waals surface area contributed by atoms with E-state index in [9.17, 15) is 0 Å². The maximum absolute atomic E-state index is 8.77. The molecule has 0 aromatic carbocycles. The molecule has 0 heterocycles. The van der Waals surface area contributed by atoms with Crippen LogP contribution in [-0.2, 0) is 0 Å². The van der Waals surface area contributed by atoms with E-state index in [1.807, 2.05) is 19.1 Å². The topological polar surface area (TPSA) is 20.2 Å². The van der Waals surface area contributed by atoms with Crippen molar-refractivity contribution in [1.82, 2.24) is 0 Å². The molecule has 0 atom stereocenters. The lowest BCUT2D eigenvalue weighted by atomic mass is 10.2. The quantitative estimate of drug-likeness (QED) is 0.583. The molecule has 1 heteroatoms. The van der Waals surface area contributed by atoms with E-state index < -0.39 is 0 Å². The Kier molecular flexibility index (Phi) is 2.46. The highest BCUT2D eigenvalue weighted by molar-refractivity contribution is 5.29. The van der Waals surface area contributed by atoms with Crippen LogP contribution in [0, 0.1) is 0 Å². The second kappa shape index (κ2) is 3.37. The van der Waals surface area contributed by atoms with Crippen LogP contribution in [0.4, 0.5) is 0 Å². The van der Waals surface area contributed by atoms with Gasteiger partial charge in [-0.1, -0.05) is 29.9 Å². The minimum absolute atomic E-state index is 0.175. The normalized spacial score (nSPS) is 17.8. The Hall–Kier alpha value is -0.820. The molecule has 1 aliphatic carbocycles. The lowest BCUT2D eigenvalue weighted by Gasteiger charge is -1.93. The minimum atomic E-state index is 0.175. The highest BCUT2D eigenvalue weighted by atomic mass is 16.3. The second-order valence-electron chi connectivity index (χ2n) is 2.50. The zero-order chi connectivity index (χ0) is 7.40. The molecule has 54 valence electrons. The van der Waals surface area contributed by atoms with Crippen LogP contribution in [0.5, 0.6) is 0 Å². The Bertz CT molecular complexity index is 197. The van der Waals surface area contributed by atoms with E-state index in [-0.39, 0.29) is 6.61 Å². The average molecular weight is 136 g/mol. The van der Waals surface area contributed by atoms with Crippen LogP contribution in [-0.4, -0.2) is 11.7 Å². The third-order valence-corrected chi connectivity index (χ3v) is 1.55. The number of allylic oxidation sites excluding steroid dienone is 5. The predicted molar refractivity (Wildman–Crippen MR) is 42.7 cm³/mol. The van der Waals surface area contributed by atoms with Crippen molar-refractivity contribution in [3.05, 3.63) is 35.5 Å². The molecule has 0 saturated carbocycles. The van der Waals surface area contributed by atoms with Crippen LogP contribution in [0.1, 0.15) is 13.3 Å². The minimum Gasteiger partial charge on any atom is -0.392 e. The zero-order valence-corrected chi connectivity index (χ0v) is 6.17. The SMILES string of the molecule is CC1=CC=C(CO)CC=C1. The first-order chi connectivity index (χ1) is 4.83. The highest BCUT2D eigenvalue weighted by Gasteiger charge is 1.93. The van der Waals surface area contributed by atoms with Crippen LogP contribution in [0.2, 0.25) is 0 Å². The lowest BCUT2D eigenvalue weighted by Crippen LogP contribution is -1.86. The summed E-state index contributed by atoms with van der Waals surface area (Å²) < 4.78 is 0. The molecular weight excluding hydrogens is 124 g/mol. The molecule has 0 spiro atoms. The van der Waals surface area contributed by atoms with Gasteiger partial charge in [0, 0.05) is 0 Å². The van der Waals surface area contributed by atoms with E-state index in [1.165, 1.54) is 5.57 Å². The van der Waals surface area contributed by atoms with Gasteiger partial charge in [0.2, 0.25) is 0 Å². The van der Waals surface area contributed by atoms with Crippen LogP contribution >= 0.6 is 0 Å². The molecule has 0 aromatic heterocycles. The van der Waals surface area contributed by atoms with Gasteiger partial charge in [-0.25, -0.2) is 0 Å². The third kappa shape index (κ3) is 1.85. The zero-order valence-electron chi connectivity index (χ0n) is 6.17. The summed E-state index contributed by atoms with van der Waals surface area (Å²) in [6, 6.07) is 0. The van der Waals surface area contributed by atoms with Crippen LogP contribution in [0.15, 0.2) is 35.5 Å². The van der Waals surface area contributed by atoms with E-state index in [1.54, 1.807) is 0 Å². The fourth-order valence-corrected chi connectivity index (χ4v) is 0.886. The number of aliphatic hydroxyl groups is 1. The predicted octanol–water partition coefficient (Wildman–Crippen LogP) is 1.81. The van der Waals surface area contributed by atoms with Crippen molar-refractivity contribution >= 4 is 0 Å². The largest absolute Gasteiger partial charge is 0.392 e. The maximum Gasteiger partial charge on any atom is 0.0647 e. The summed E-state index contributed by atoms with van der Waals surface area (Å²) in [6.45, 7) is 2.22. The second-order valence-corrected chi connectivity index (χ2v) is 2.50. The van der Waals surface area contributed by atoms with Gasteiger partial charge in [-0.3, -0.25) is 0 Å². The van der Waals surface area contributed by atoms with E-state index >= 15 is 0 Å². The van der Waals surface area contributed by atoms with Gasteiger partial charge in [0.1, 0.15) is 0 Å². The highest BCUT2D eigenvalue weighted by Crippen LogP contribution is 2.09. The van der Waals surface area contributed by atoms with Gasteiger partial charge in [-0.15, -0.1) is 0 Å². The molecule has 0 aromatic rings. The molecule has 0 bridgehead atoms. The van der Waals surface area contributed by atoms with Crippen molar-refractivity contribution in [2.24, 2.45) is 0 Å². The van der Waals surface area contributed by atoms with Gasteiger partial charge in [0.15, 0.2) is 0 Å². The summed E-state index contributed by atoms with van der Waals surface area (Å²) in [7, 11) is 0. The molecule has 1 N–H and O–H groups in total. The summed E-state index contributed by atoms with van der Waals surface area (Å²) >= 11 is 0. The summed E-state index contributed by atoms with van der Waals surface area (Å²) in [5.74, 6) is 0. The van der Waals surface area contributed by atoms with Crippen molar-refractivity contribution in [2.75, 3.05) is 6.61 Å². The first-order valence-electron chi connectivity index (χ1n) is 3.46. The summed E-state index contributed by atoms with van der Waals surface area (Å²) in [4.78, 5) is 0. The van der Waals surface area contributed by atoms with Gasteiger partial charge in [-0.05, 0) is 18.9 Å². The Labute approximate surface area is 61.4 Å². The molecular formula is C9H12O. The number of aliphatic hydroxyl groups excluding tert-OH is 1. The van der Waals surface area contributed by atoms with Crippen LogP contribution in [0.3, 0.4) is 0 Å². The molecule has 0 saturated heterocycles. The molecule has 1 nitrogen and oxygen atoms in total. The van der Waals surface area contributed by atoms with E-state index in [0.717, 1.165) is 12.0 Å². The van der Waals surface area contributed by atoms with Crippen LogP contribution in [0.25, 0.3) is 0 Å². The van der Waals surface area contributed by atoms with Crippen molar-refractivity contribution < 1.29 is 5.11 Å². The monoisotopic (exact) mass is 136 g/mol. The molecule has 1 aliphatic rings. The Morgan fingerprint density at radius 3 is 3.00 bits per heavy atom. The van der Waals surface area contributed by atoms with Gasteiger partial charge < -0.3 is 5.11 Å². The van der Waals surface area contributed by atoms with Gasteiger partial charge in [0.25, 0.3) is 0 Å². The first kappa shape index (κ1) is 7.29. The number of rotatable bonds is 1. The van der Waals surface area contributed by atoms with E-state index in [4.69, 9.17) is 5.11 Å². The van der Waals surface area contributed by atoms with Crippen molar-refractivity contribution in [1.29, 1.82) is 0 Å². The van der Waals surface area contributed by atoms with Crippen LogP contribution < -0.4 is 0 Å². The van der Waals surface area contributed by atoms with E-state index in [2.05, 4.69) is 12.2 Å². The summed E-state index contributed by atoms with van der Waals surface area (Å²) in [5.41, 5.74) is 2.32. The molecule has 0 unspecified atom stereocenters. The lowest BCUT2D eigenvalue weighted by molar-refractivity contribution is 0.329.